The van der Waals surface area contributed by atoms with Gasteiger partial charge in [-0.15, -0.1) is 0 Å². The zero-order valence-electron chi connectivity index (χ0n) is 27.8. The molecule has 3 N–H and O–H groups in total. The Morgan fingerprint density at radius 3 is 2.57 bits per heavy atom. The summed E-state index contributed by atoms with van der Waals surface area (Å²) in [6, 6.07) is 8.63. The van der Waals surface area contributed by atoms with Crippen LogP contribution in [-0.2, 0) is 16.1 Å². The summed E-state index contributed by atoms with van der Waals surface area (Å²) >= 11 is 0. The minimum absolute atomic E-state index is 0.0158. The van der Waals surface area contributed by atoms with Crippen LogP contribution in [0.2, 0.25) is 0 Å². The van der Waals surface area contributed by atoms with Crippen LogP contribution in [-0.4, -0.2) is 94.1 Å². The van der Waals surface area contributed by atoms with Gasteiger partial charge in [0.25, 0.3) is 0 Å². The smallest absolute Gasteiger partial charge is 0.322 e. The predicted molar refractivity (Wildman–Crippen MR) is 180 cm³/mol. The van der Waals surface area contributed by atoms with Gasteiger partial charge in [-0.2, -0.15) is 19.6 Å². The molecule has 12 heteroatoms. The Labute approximate surface area is 272 Å². The van der Waals surface area contributed by atoms with Crippen LogP contribution in [0.15, 0.2) is 42.6 Å². The summed E-state index contributed by atoms with van der Waals surface area (Å²) in [7, 11) is 5.61. The van der Waals surface area contributed by atoms with Gasteiger partial charge in [0.1, 0.15) is 6.10 Å². The van der Waals surface area contributed by atoms with E-state index in [0.29, 0.717) is 31.1 Å². The molecule has 3 heterocycles. The fraction of sp³-hybridized carbons (Fsp3) is 0.559. The topological polar surface area (TPSA) is 129 Å². The van der Waals surface area contributed by atoms with E-state index in [0.717, 1.165) is 74.1 Å². The number of rotatable bonds is 12. The van der Waals surface area contributed by atoms with E-state index in [9.17, 15) is 9.59 Å². The number of piperidine rings is 1. The quantitative estimate of drug-likeness (QED) is 0.254. The molecule has 0 spiro atoms. The molecule has 1 saturated carbocycles. The van der Waals surface area contributed by atoms with Crippen molar-refractivity contribution in [1.82, 2.24) is 34.7 Å². The predicted octanol–water partition coefficient (Wildman–Crippen LogP) is 4.06. The Balaban J connectivity index is 1.16. The molecule has 2 fully saturated rings. The van der Waals surface area contributed by atoms with Gasteiger partial charge in [-0.25, -0.2) is 0 Å². The molecule has 0 atom stereocenters. The first-order valence-electron chi connectivity index (χ1n) is 16.5. The lowest BCUT2D eigenvalue weighted by molar-refractivity contribution is -0.123. The van der Waals surface area contributed by atoms with Crippen LogP contribution < -0.4 is 20.7 Å². The average Bonchev–Trinajstić information content (AvgIpc) is 3.48. The maximum Gasteiger partial charge on any atom is 0.322 e. The first-order valence-corrected chi connectivity index (χ1v) is 16.5. The second-order valence-corrected chi connectivity index (χ2v) is 13.1. The number of carbonyl (C=O) groups is 2. The second kappa shape index (κ2) is 15.5. The monoisotopic (exact) mass is 631 g/mol. The van der Waals surface area contributed by atoms with Crippen molar-refractivity contribution in [1.29, 1.82) is 0 Å². The first kappa shape index (κ1) is 33.3. The molecular weight excluding hydrogens is 582 g/mol. The molecule has 2 aromatic heterocycles. The van der Waals surface area contributed by atoms with E-state index >= 15 is 0 Å². The molecule has 1 aliphatic carbocycles. The summed E-state index contributed by atoms with van der Waals surface area (Å²) in [5.74, 6) is 0.849. The van der Waals surface area contributed by atoms with Gasteiger partial charge >= 0.3 is 6.01 Å². The summed E-state index contributed by atoms with van der Waals surface area (Å²) in [6.45, 7) is 7.38. The molecule has 12 nitrogen and oxygen atoms in total. The minimum atomic E-state index is -0.0198. The molecule has 1 aliphatic heterocycles. The molecule has 5 rings (SSSR count). The number of benzene rings is 1. The summed E-state index contributed by atoms with van der Waals surface area (Å²) in [6.07, 6.45) is 10.8. The van der Waals surface area contributed by atoms with Gasteiger partial charge in [-0.05, 0) is 69.2 Å². The number of carbonyl (C=O) groups excluding carboxylic acids is 2. The van der Waals surface area contributed by atoms with Crippen molar-refractivity contribution in [3.8, 4) is 6.01 Å². The van der Waals surface area contributed by atoms with Crippen molar-refractivity contribution in [3.05, 3.63) is 53.7 Å². The van der Waals surface area contributed by atoms with E-state index in [1.165, 1.54) is 0 Å². The molecular formula is C34H49N9O3. The Kier molecular flexibility index (Phi) is 11.2. The van der Waals surface area contributed by atoms with Crippen molar-refractivity contribution < 1.29 is 14.3 Å². The highest BCUT2D eigenvalue weighted by atomic mass is 16.5. The van der Waals surface area contributed by atoms with Crippen molar-refractivity contribution in [2.24, 2.45) is 5.92 Å². The van der Waals surface area contributed by atoms with E-state index in [-0.39, 0.29) is 29.8 Å². The zero-order chi connectivity index (χ0) is 32.6. The molecule has 248 valence electrons. The van der Waals surface area contributed by atoms with Gasteiger partial charge in [-0.1, -0.05) is 32.1 Å². The lowest BCUT2D eigenvalue weighted by Crippen LogP contribution is -2.36. The molecule has 2 amide bonds. The molecule has 3 aromatic rings. The highest BCUT2D eigenvalue weighted by molar-refractivity contribution is 5.92. The third-order valence-electron chi connectivity index (χ3n) is 8.90. The van der Waals surface area contributed by atoms with E-state index in [2.05, 4.69) is 46.8 Å². The largest absolute Gasteiger partial charge is 0.460 e. The van der Waals surface area contributed by atoms with E-state index in [1.807, 2.05) is 36.5 Å². The Morgan fingerprint density at radius 1 is 1.09 bits per heavy atom. The number of likely N-dealkylation sites (N-methyl/N-ethyl adjacent to an activating group) is 1. The number of likely N-dealkylation sites (tertiary alicyclic amines) is 1. The minimum Gasteiger partial charge on any atom is -0.460 e. The lowest BCUT2D eigenvalue weighted by Gasteiger charge is -2.28. The highest BCUT2D eigenvalue weighted by Crippen LogP contribution is 2.27. The van der Waals surface area contributed by atoms with E-state index in [4.69, 9.17) is 14.7 Å². The number of nitrogens with zero attached hydrogens (tertiary/aromatic N) is 6. The standard InChI is InChI=1S/C34H49N9O3/c1-23(2)29-22-37-43-31(29)39-34(46-28-15-18-42(5)19-16-28)40-33(43)36-21-24-8-6-9-27(20-24)38-32(45)25-11-13-26(14-12-25)35-17-7-10-30(44)41(3)4/h6-10,20,22-23,25-26,28,35H,11-19,21H2,1-5H3,(H,38,45)(H,36,39,40)/b10-7+. The molecule has 0 bridgehead atoms. The van der Waals surface area contributed by atoms with E-state index < -0.39 is 0 Å². The molecule has 2 aliphatic rings. The van der Waals surface area contributed by atoms with Crippen LogP contribution in [0.3, 0.4) is 0 Å². The summed E-state index contributed by atoms with van der Waals surface area (Å²) in [5, 5.41) is 14.6. The lowest BCUT2D eigenvalue weighted by atomic mass is 9.85. The van der Waals surface area contributed by atoms with Gasteiger partial charge in [0.05, 0.1) is 6.20 Å². The summed E-state index contributed by atoms with van der Waals surface area (Å²) in [5.41, 5.74) is 3.58. The second-order valence-electron chi connectivity index (χ2n) is 13.1. The maximum absolute atomic E-state index is 13.1. The Hall–Kier alpha value is -4.03. The molecule has 1 aromatic carbocycles. The van der Waals surface area contributed by atoms with Crippen molar-refractivity contribution in [2.45, 2.75) is 77.0 Å². The average molecular weight is 632 g/mol. The van der Waals surface area contributed by atoms with Crippen LogP contribution in [0.4, 0.5) is 11.6 Å². The van der Waals surface area contributed by atoms with Crippen LogP contribution in [0.25, 0.3) is 5.65 Å². The number of hydrogen-bond donors (Lipinski definition) is 3. The Bertz CT molecular complexity index is 1500. The molecule has 46 heavy (non-hydrogen) atoms. The number of fused-ring (bicyclic) bond motifs is 1. The number of anilines is 2. The zero-order valence-corrected chi connectivity index (χ0v) is 27.8. The number of ether oxygens (including phenoxy) is 1. The highest BCUT2D eigenvalue weighted by Gasteiger charge is 2.26. The van der Waals surface area contributed by atoms with Gasteiger partial charge < -0.3 is 30.5 Å². The number of hydrogen-bond acceptors (Lipinski definition) is 9. The summed E-state index contributed by atoms with van der Waals surface area (Å²) < 4.78 is 8.02. The van der Waals surface area contributed by atoms with Gasteiger partial charge in [0, 0.05) is 69.6 Å². The normalized spacial score (nSPS) is 19.5. The first-order chi connectivity index (χ1) is 22.2. The van der Waals surface area contributed by atoms with Crippen molar-refractivity contribution >= 4 is 29.1 Å². The van der Waals surface area contributed by atoms with Crippen molar-refractivity contribution in [3.63, 3.8) is 0 Å². The third kappa shape index (κ3) is 8.82. The summed E-state index contributed by atoms with van der Waals surface area (Å²) in [4.78, 5) is 38.2. The fourth-order valence-electron chi connectivity index (χ4n) is 5.99. The fourth-order valence-corrected chi connectivity index (χ4v) is 5.99. The third-order valence-corrected chi connectivity index (χ3v) is 8.90. The molecule has 0 unspecified atom stereocenters. The van der Waals surface area contributed by atoms with Gasteiger partial charge in [0.2, 0.25) is 17.8 Å². The van der Waals surface area contributed by atoms with Crippen molar-refractivity contribution in [2.75, 3.05) is 51.4 Å². The molecule has 0 radical (unpaired) electrons. The van der Waals surface area contributed by atoms with Crippen LogP contribution >= 0.6 is 0 Å². The van der Waals surface area contributed by atoms with Gasteiger partial charge in [-0.3, -0.25) is 9.59 Å². The number of nitrogens with one attached hydrogen (secondary N) is 3. The van der Waals surface area contributed by atoms with Crippen LogP contribution in [0.1, 0.15) is 69.4 Å². The molecule has 1 saturated heterocycles. The van der Waals surface area contributed by atoms with Gasteiger partial charge in [0.15, 0.2) is 5.65 Å². The Morgan fingerprint density at radius 2 is 1.85 bits per heavy atom. The van der Waals surface area contributed by atoms with Crippen LogP contribution in [0.5, 0.6) is 6.01 Å². The SMILES string of the molecule is CC(C)c1cnn2c(NCc3cccc(NC(=O)C4CCC(NC/C=C/C(=O)N(C)C)CC4)c3)nc(OC3CCN(C)CC3)nc12. The number of aromatic nitrogens is 4. The van der Waals surface area contributed by atoms with Crippen LogP contribution in [0, 0.1) is 5.92 Å². The van der Waals surface area contributed by atoms with E-state index in [1.54, 1.807) is 29.6 Å². The number of amides is 2. The maximum atomic E-state index is 13.1.